The normalized spacial score (nSPS) is 20.8. The molecule has 0 radical (unpaired) electrons. The van der Waals surface area contributed by atoms with Crippen molar-refractivity contribution in [2.24, 2.45) is 5.92 Å². The first-order valence-electron chi connectivity index (χ1n) is 17.0. The minimum absolute atomic E-state index is 0.0191. The zero-order valence-electron chi connectivity index (χ0n) is 27.3. The van der Waals surface area contributed by atoms with Crippen molar-refractivity contribution in [1.29, 1.82) is 0 Å². The number of hydrogen-bond acceptors (Lipinski definition) is 6. The second-order valence-corrected chi connectivity index (χ2v) is 14.6. The van der Waals surface area contributed by atoms with Crippen molar-refractivity contribution in [1.82, 2.24) is 19.6 Å². The van der Waals surface area contributed by atoms with Gasteiger partial charge in [-0.25, -0.2) is 4.79 Å². The number of amides is 4. The maximum Gasteiger partial charge on any atom is 0.418 e. The molecule has 0 unspecified atom stereocenters. The summed E-state index contributed by atoms with van der Waals surface area (Å²) in [6.07, 6.45) is 1.75. The van der Waals surface area contributed by atoms with Crippen LogP contribution in [-0.2, 0) is 28.7 Å². The van der Waals surface area contributed by atoms with Crippen LogP contribution in [0.2, 0.25) is 5.02 Å². The molecular formula is C34H44ClF3N6O3S. The number of alkyl halides is 3. The quantitative estimate of drug-likeness (QED) is 0.326. The molecule has 4 aliphatic rings. The van der Waals surface area contributed by atoms with E-state index in [1.807, 2.05) is 15.7 Å². The Balaban J connectivity index is 1.14. The van der Waals surface area contributed by atoms with Gasteiger partial charge in [0.05, 0.1) is 34.4 Å². The van der Waals surface area contributed by atoms with Crippen LogP contribution in [0.1, 0.15) is 68.1 Å². The summed E-state index contributed by atoms with van der Waals surface area (Å²) in [4.78, 5) is 48.5. The van der Waals surface area contributed by atoms with Gasteiger partial charge in [0, 0.05) is 62.7 Å². The number of nitrogens with one attached hydrogen (secondary N) is 2. The Morgan fingerprint density at radius 2 is 1.65 bits per heavy atom. The summed E-state index contributed by atoms with van der Waals surface area (Å²) in [6.45, 7) is 4.69. The number of halogens is 4. The van der Waals surface area contributed by atoms with Gasteiger partial charge >= 0.3 is 12.2 Å². The highest BCUT2D eigenvalue weighted by Crippen LogP contribution is 2.40. The van der Waals surface area contributed by atoms with Crippen LogP contribution in [0.3, 0.4) is 0 Å². The molecule has 3 fully saturated rings. The Morgan fingerprint density at radius 3 is 2.31 bits per heavy atom. The Bertz CT molecular complexity index is 1480. The summed E-state index contributed by atoms with van der Waals surface area (Å²) in [7, 11) is 1.38. The fraction of sp³-hybridized carbons (Fsp3) is 0.618. The van der Waals surface area contributed by atoms with E-state index in [2.05, 4.69) is 15.5 Å². The van der Waals surface area contributed by atoms with E-state index in [0.29, 0.717) is 51.6 Å². The van der Waals surface area contributed by atoms with Crippen molar-refractivity contribution in [2.75, 3.05) is 56.9 Å². The third-order valence-electron chi connectivity index (χ3n) is 10.5. The Labute approximate surface area is 288 Å². The van der Waals surface area contributed by atoms with E-state index in [1.54, 1.807) is 21.1 Å². The van der Waals surface area contributed by atoms with E-state index in [4.69, 9.17) is 11.6 Å². The summed E-state index contributed by atoms with van der Waals surface area (Å²) in [6, 6.07) is 2.77. The fourth-order valence-corrected chi connectivity index (χ4v) is 8.96. The summed E-state index contributed by atoms with van der Waals surface area (Å²) in [5, 5.41) is 9.37. The molecule has 1 aromatic heterocycles. The lowest BCUT2D eigenvalue weighted by atomic mass is 9.91. The highest BCUT2D eigenvalue weighted by molar-refractivity contribution is 7.08. The molecule has 2 aromatic rings. The molecule has 3 saturated heterocycles. The van der Waals surface area contributed by atoms with Crippen molar-refractivity contribution in [3.63, 3.8) is 0 Å². The van der Waals surface area contributed by atoms with Crippen LogP contribution in [0, 0.1) is 5.92 Å². The van der Waals surface area contributed by atoms with E-state index in [9.17, 15) is 27.6 Å². The van der Waals surface area contributed by atoms with Crippen LogP contribution in [0.15, 0.2) is 22.9 Å². The first kappa shape index (κ1) is 34.8. The first-order valence-corrected chi connectivity index (χ1v) is 18.3. The molecule has 0 bridgehead atoms. The number of piperidine rings is 3. The van der Waals surface area contributed by atoms with Crippen LogP contribution in [0.25, 0.3) is 0 Å². The molecule has 9 nitrogen and oxygen atoms in total. The number of likely N-dealkylation sites (tertiary alicyclic amines) is 3. The van der Waals surface area contributed by atoms with Gasteiger partial charge in [0.25, 0.3) is 0 Å². The van der Waals surface area contributed by atoms with Crippen LogP contribution in [0.5, 0.6) is 0 Å². The summed E-state index contributed by atoms with van der Waals surface area (Å²) >= 11 is 7.86. The second-order valence-electron chi connectivity index (χ2n) is 13.5. The topological polar surface area (TPSA) is 88.2 Å². The van der Waals surface area contributed by atoms with E-state index >= 15 is 0 Å². The molecule has 1 aromatic carbocycles. The van der Waals surface area contributed by atoms with Gasteiger partial charge in [-0.15, -0.1) is 11.3 Å². The van der Waals surface area contributed by atoms with Crippen LogP contribution in [0.4, 0.5) is 29.3 Å². The molecule has 0 spiro atoms. The average molecular weight is 709 g/mol. The molecule has 6 rings (SSSR count). The molecule has 2 N–H and O–H groups in total. The number of nitrogens with zero attached hydrogens (tertiary/aromatic N) is 4. The lowest BCUT2D eigenvalue weighted by Gasteiger charge is -2.41. The minimum atomic E-state index is -4.65. The zero-order chi connectivity index (χ0) is 34.0. The molecular weight excluding hydrogens is 665 g/mol. The van der Waals surface area contributed by atoms with Crippen LogP contribution >= 0.6 is 22.9 Å². The largest absolute Gasteiger partial charge is 0.418 e. The van der Waals surface area contributed by atoms with Gasteiger partial charge in [-0.05, 0) is 81.1 Å². The van der Waals surface area contributed by atoms with Gasteiger partial charge < -0.3 is 30.2 Å². The molecule has 14 heteroatoms. The molecule has 48 heavy (non-hydrogen) atoms. The first-order chi connectivity index (χ1) is 23.0. The summed E-state index contributed by atoms with van der Waals surface area (Å²) < 4.78 is 42.0. The number of urea groups is 1. The molecule has 1 atom stereocenters. The maximum atomic E-state index is 14.1. The monoisotopic (exact) mass is 708 g/mol. The number of benzene rings is 1. The lowest BCUT2D eigenvalue weighted by molar-refractivity contribution is -0.143. The summed E-state index contributed by atoms with van der Waals surface area (Å²) in [5.41, 5.74) is 1.08. The lowest BCUT2D eigenvalue weighted by Crippen LogP contribution is -2.52. The standard InChI is InChI=1S/C34H44ClF3N6O3S/c1-39-31-27(34(36,37)38)16-22(17-28(31)35)15-23(32(46)43-13-5-25(6-14-43)41-9-3-2-4-10-41)18-30(45)42-11-7-26(8-12-42)44-19-24-20-48-21-29(24)40-33(44)47/h16-17,20-21,23,25-26,39H,2-15,18-19H2,1H3,(H,40,47)/t23-/m0/s1. The number of hydrogen-bond donors (Lipinski definition) is 2. The number of rotatable bonds is 8. The number of carbonyl (C=O) groups excluding carboxylic acids is 3. The Hall–Kier alpha value is -3.03. The summed E-state index contributed by atoms with van der Waals surface area (Å²) in [5.74, 6) is -1.23. The van der Waals surface area contributed by atoms with E-state index < -0.39 is 17.7 Å². The Morgan fingerprint density at radius 1 is 0.979 bits per heavy atom. The van der Waals surface area contributed by atoms with Crippen molar-refractivity contribution >= 4 is 52.2 Å². The van der Waals surface area contributed by atoms with Gasteiger partial charge in [0.15, 0.2) is 0 Å². The minimum Gasteiger partial charge on any atom is -0.386 e. The van der Waals surface area contributed by atoms with E-state index in [0.717, 1.165) is 43.2 Å². The van der Waals surface area contributed by atoms with Crippen molar-refractivity contribution in [3.8, 4) is 0 Å². The smallest absolute Gasteiger partial charge is 0.386 e. The van der Waals surface area contributed by atoms with Crippen molar-refractivity contribution in [2.45, 2.75) is 82.6 Å². The SMILES string of the molecule is CNc1c(Cl)cc(C[C@@H](CC(=O)N2CCC(N3Cc4cscc4NC3=O)CC2)C(=O)N2CCC(N3CCCCC3)CC2)cc1C(F)(F)F. The van der Waals surface area contributed by atoms with Crippen LogP contribution in [-0.4, -0.2) is 95.8 Å². The predicted molar refractivity (Wildman–Crippen MR) is 181 cm³/mol. The molecule has 4 aliphatic heterocycles. The highest BCUT2D eigenvalue weighted by atomic mass is 35.5. The number of anilines is 2. The van der Waals surface area contributed by atoms with Gasteiger partial charge in [0.2, 0.25) is 11.8 Å². The number of thiophene rings is 1. The molecule has 5 heterocycles. The van der Waals surface area contributed by atoms with Gasteiger partial charge in [0.1, 0.15) is 0 Å². The highest BCUT2D eigenvalue weighted by Gasteiger charge is 2.38. The maximum absolute atomic E-state index is 14.1. The fourth-order valence-electron chi connectivity index (χ4n) is 7.84. The van der Waals surface area contributed by atoms with Crippen molar-refractivity contribution in [3.05, 3.63) is 44.6 Å². The second kappa shape index (κ2) is 14.8. The van der Waals surface area contributed by atoms with E-state index in [-0.39, 0.29) is 53.0 Å². The third-order valence-corrected chi connectivity index (χ3v) is 11.6. The van der Waals surface area contributed by atoms with Crippen molar-refractivity contribution < 1.29 is 27.6 Å². The average Bonchev–Trinajstić information content (AvgIpc) is 3.54. The third kappa shape index (κ3) is 7.73. The van der Waals surface area contributed by atoms with Gasteiger partial charge in [-0.1, -0.05) is 18.0 Å². The van der Waals surface area contributed by atoms with Gasteiger partial charge in [-0.2, -0.15) is 13.2 Å². The number of carbonyl (C=O) groups is 3. The molecule has 0 saturated carbocycles. The number of fused-ring (bicyclic) bond motifs is 1. The van der Waals surface area contributed by atoms with Crippen LogP contribution < -0.4 is 10.6 Å². The predicted octanol–water partition coefficient (Wildman–Crippen LogP) is 6.53. The molecule has 262 valence electrons. The zero-order valence-corrected chi connectivity index (χ0v) is 28.9. The van der Waals surface area contributed by atoms with E-state index in [1.165, 1.54) is 32.4 Å². The molecule has 0 aliphatic carbocycles. The van der Waals surface area contributed by atoms with Gasteiger partial charge in [-0.3, -0.25) is 9.59 Å². The molecule has 4 amide bonds. The Kier molecular flexibility index (Phi) is 10.8.